The van der Waals surface area contributed by atoms with Crippen molar-refractivity contribution in [3.63, 3.8) is 0 Å². The number of nitrogens with one attached hydrogen (secondary N) is 1. The van der Waals surface area contributed by atoms with Gasteiger partial charge in [-0.15, -0.1) is 0 Å². The average molecular weight is 302 g/mol. The summed E-state index contributed by atoms with van der Waals surface area (Å²) in [5, 5.41) is 2.98. The fourth-order valence-corrected chi connectivity index (χ4v) is 2.94. The number of pyridine rings is 1. The van der Waals surface area contributed by atoms with Crippen LogP contribution in [0, 0.1) is 5.92 Å². The van der Waals surface area contributed by atoms with Crippen LogP contribution in [0.15, 0.2) is 23.1 Å². The molecule has 2 unspecified atom stereocenters. The van der Waals surface area contributed by atoms with Gasteiger partial charge in [0, 0.05) is 24.8 Å². The van der Waals surface area contributed by atoms with E-state index in [-0.39, 0.29) is 12.0 Å². The van der Waals surface area contributed by atoms with Crippen molar-refractivity contribution in [2.45, 2.75) is 57.8 Å². The summed E-state index contributed by atoms with van der Waals surface area (Å²) in [4.78, 5) is 11.6. The van der Waals surface area contributed by atoms with E-state index in [0.29, 0.717) is 25.1 Å². The molecule has 1 saturated carbocycles. The summed E-state index contributed by atoms with van der Waals surface area (Å²) >= 11 is 0. The molecule has 0 saturated heterocycles. The minimum Gasteiger partial charge on any atom is -0.381 e. The number of halogens is 3. The fraction of sp³-hybridized carbons (Fsp3) is 0.667. The highest BCUT2D eigenvalue weighted by Crippen LogP contribution is 2.38. The van der Waals surface area contributed by atoms with E-state index in [2.05, 4.69) is 5.32 Å². The molecule has 3 nitrogen and oxygen atoms in total. The van der Waals surface area contributed by atoms with Crippen LogP contribution in [0.2, 0.25) is 0 Å². The Hall–Kier alpha value is -1.46. The van der Waals surface area contributed by atoms with E-state index < -0.39 is 18.1 Å². The Bertz CT molecular complexity index is 524. The second-order valence-corrected chi connectivity index (χ2v) is 5.63. The second-order valence-electron chi connectivity index (χ2n) is 5.63. The van der Waals surface area contributed by atoms with Gasteiger partial charge in [0.05, 0.1) is 11.6 Å². The van der Waals surface area contributed by atoms with Crippen molar-refractivity contribution in [2.24, 2.45) is 5.92 Å². The summed E-state index contributed by atoms with van der Waals surface area (Å²) in [5.41, 5.74) is 0.461. The first kappa shape index (κ1) is 15.9. The summed E-state index contributed by atoms with van der Waals surface area (Å²) in [5.74, 6) is -1.31. The fourth-order valence-electron chi connectivity index (χ4n) is 2.94. The normalized spacial score (nSPS) is 23.0. The highest BCUT2D eigenvalue weighted by Gasteiger charge is 2.45. The monoisotopic (exact) mass is 302 g/mol. The molecule has 1 aromatic heterocycles. The third-order valence-electron chi connectivity index (χ3n) is 3.99. The van der Waals surface area contributed by atoms with Crippen LogP contribution >= 0.6 is 0 Å². The van der Waals surface area contributed by atoms with Crippen LogP contribution in [0.25, 0.3) is 0 Å². The van der Waals surface area contributed by atoms with Crippen LogP contribution < -0.4 is 10.9 Å². The van der Waals surface area contributed by atoms with Gasteiger partial charge in [0.1, 0.15) is 0 Å². The number of hydrogen-bond donors (Lipinski definition) is 1. The van der Waals surface area contributed by atoms with Crippen LogP contribution in [0.3, 0.4) is 0 Å². The van der Waals surface area contributed by atoms with E-state index in [1.807, 2.05) is 6.92 Å². The van der Waals surface area contributed by atoms with Gasteiger partial charge in [-0.3, -0.25) is 4.79 Å². The van der Waals surface area contributed by atoms with Crippen molar-refractivity contribution in [3.8, 4) is 0 Å². The van der Waals surface area contributed by atoms with Crippen molar-refractivity contribution in [1.82, 2.24) is 4.57 Å². The standard InChI is InChI=1S/C15H21F3N2O/c1-2-9-20-10-11(7-8-14(20)21)19-13-6-4-3-5-12(13)15(16,17)18/h7-8,10,12-13,19H,2-6,9H2,1H3. The lowest BCUT2D eigenvalue weighted by Crippen LogP contribution is -2.41. The predicted molar refractivity (Wildman–Crippen MR) is 76.4 cm³/mol. The van der Waals surface area contributed by atoms with Crippen molar-refractivity contribution in [2.75, 3.05) is 5.32 Å². The van der Waals surface area contributed by atoms with Gasteiger partial charge in [0.15, 0.2) is 0 Å². The second kappa shape index (κ2) is 6.54. The largest absolute Gasteiger partial charge is 0.393 e. The van der Waals surface area contributed by atoms with Crippen molar-refractivity contribution < 1.29 is 13.2 Å². The number of hydrogen-bond acceptors (Lipinski definition) is 2. The molecule has 1 aliphatic rings. The predicted octanol–water partition coefficient (Wildman–Crippen LogP) is 3.79. The molecular formula is C15H21F3N2O. The molecule has 118 valence electrons. The zero-order valence-corrected chi connectivity index (χ0v) is 12.1. The molecule has 2 rings (SSSR count). The molecule has 0 amide bonds. The van der Waals surface area contributed by atoms with Crippen LogP contribution in [-0.4, -0.2) is 16.8 Å². The zero-order valence-electron chi connectivity index (χ0n) is 12.1. The quantitative estimate of drug-likeness (QED) is 0.918. The Morgan fingerprint density at radius 1 is 1.29 bits per heavy atom. The summed E-state index contributed by atoms with van der Waals surface area (Å²) in [6.07, 6.45) is 0.366. The van der Waals surface area contributed by atoms with Crippen molar-refractivity contribution in [1.29, 1.82) is 0 Å². The van der Waals surface area contributed by atoms with Gasteiger partial charge in [-0.1, -0.05) is 19.8 Å². The van der Waals surface area contributed by atoms with E-state index in [1.54, 1.807) is 12.3 Å². The Labute approximate surface area is 122 Å². The smallest absolute Gasteiger partial charge is 0.381 e. The highest BCUT2D eigenvalue weighted by molar-refractivity contribution is 5.41. The molecule has 2 atom stereocenters. The van der Waals surface area contributed by atoms with Gasteiger partial charge in [-0.05, 0) is 25.3 Å². The topological polar surface area (TPSA) is 34.0 Å². The minimum atomic E-state index is -4.17. The summed E-state index contributed by atoms with van der Waals surface area (Å²) in [6.45, 7) is 2.52. The van der Waals surface area contributed by atoms with Gasteiger partial charge in [0.2, 0.25) is 0 Å². The van der Waals surface area contributed by atoms with Gasteiger partial charge >= 0.3 is 6.18 Å². The van der Waals surface area contributed by atoms with E-state index in [4.69, 9.17) is 0 Å². The van der Waals surface area contributed by atoms with Crippen LogP contribution in [-0.2, 0) is 6.54 Å². The maximum absolute atomic E-state index is 13.1. The van der Waals surface area contributed by atoms with Gasteiger partial charge in [-0.2, -0.15) is 13.2 Å². The Morgan fingerprint density at radius 2 is 2.00 bits per heavy atom. The van der Waals surface area contributed by atoms with Crippen molar-refractivity contribution >= 4 is 5.69 Å². The molecule has 6 heteroatoms. The molecular weight excluding hydrogens is 281 g/mol. The number of aromatic nitrogens is 1. The third-order valence-corrected chi connectivity index (χ3v) is 3.99. The summed E-state index contributed by atoms with van der Waals surface area (Å²) in [6, 6.07) is 2.37. The SMILES string of the molecule is CCCn1cc(NC2CCCCC2C(F)(F)F)ccc1=O. The molecule has 0 bridgehead atoms. The van der Waals surface area contributed by atoms with Crippen molar-refractivity contribution in [3.05, 3.63) is 28.7 Å². The van der Waals surface area contributed by atoms with E-state index in [0.717, 1.165) is 12.8 Å². The van der Waals surface area contributed by atoms with Gasteiger partial charge < -0.3 is 9.88 Å². The maximum Gasteiger partial charge on any atom is 0.393 e. The number of rotatable bonds is 4. The Balaban J connectivity index is 2.15. The van der Waals surface area contributed by atoms with E-state index in [9.17, 15) is 18.0 Å². The van der Waals surface area contributed by atoms with E-state index >= 15 is 0 Å². The molecule has 1 aliphatic carbocycles. The minimum absolute atomic E-state index is 0.126. The average Bonchev–Trinajstić information content (AvgIpc) is 2.42. The third kappa shape index (κ3) is 4.02. The lowest BCUT2D eigenvalue weighted by atomic mass is 9.84. The molecule has 0 spiro atoms. The zero-order chi connectivity index (χ0) is 15.5. The highest BCUT2D eigenvalue weighted by atomic mass is 19.4. The molecule has 0 aliphatic heterocycles. The number of nitrogens with zero attached hydrogens (tertiary/aromatic N) is 1. The Kier molecular flexibility index (Phi) is 4.96. The first-order valence-electron chi connectivity index (χ1n) is 7.45. The van der Waals surface area contributed by atoms with Crippen LogP contribution in [0.4, 0.5) is 18.9 Å². The first-order valence-corrected chi connectivity index (χ1v) is 7.45. The number of aryl methyl sites for hydroxylation is 1. The van der Waals surface area contributed by atoms with Gasteiger partial charge in [0.25, 0.3) is 5.56 Å². The molecule has 1 heterocycles. The molecule has 0 aromatic carbocycles. The maximum atomic E-state index is 13.1. The lowest BCUT2D eigenvalue weighted by Gasteiger charge is -2.34. The summed E-state index contributed by atoms with van der Waals surface area (Å²) < 4.78 is 40.7. The number of alkyl halides is 3. The molecule has 0 radical (unpaired) electrons. The van der Waals surface area contributed by atoms with E-state index in [1.165, 1.54) is 10.6 Å². The van der Waals surface area contributed by atoms with Crippen LogP contribution in [0.1, 0.15) is 39.0 Å². The Morgan fingerprint density at radius 3 is 2.67 bits per heavy atom. The molecule has 1 aromatic rings. The number of anilines is 1. The molecule has 1 fully saturated rings. The first-order chi connectivity index (χ1) is 9.91. The lowest BCUT2D eigenvalue weighted by molar-refractivity contribution is -0.184. The van der Waals surface area contributed by atoms with Gasteiger partial charge in [-0.25, -0.2) is 0 Å². The molecule has 21 heavy (non-hydrogen) atoms. The van der Waals surface area contributed by atoms with Crippen LogP contribution in [0.5, 0.6) is 0 Å². The molecule has 1 N–H and O–H groups in total. The summed E-state index contributed by atoms with van der Waals surface area (Å²) in [7, 11) is 0.